The van der Waals surface area contributed by atoms with E-state index in [0.717, 1.165) is 23.2 Å². The normalized spacial score (nSPS) is 13.4. The summed E-state index contributed by atoms with van der Waals surface area (Å²) in [6, 6.07) is 5.55. The maximum atomic E-state index is 11.9. The number of nitrogens with one attached hydrogen (secondary N) is 1. The zero-order valence-corrected chi connectivity index (χ0v) is 12.3. The van der Waals surface area contributed by atoms with E-state index in [1.54, 1.807) is 0 Å². The fourth-order valence-electron chi connectivity index (χ4n) is 1.60. The molecule has 0 fully saturated rings. The highest BCUT2D eigenvalue weighted by atomic mass is 35.5. The number of carbonyl (C=O) groups is 1. The Morgan fingerprint density at radius 1 is 1.39 bits per heavy atom. The first kappa shape index (κ1) is 16.9. The van der Waals surface area contributed by atoms with E-state index in [-0.39, 0.29) is 24.2 Å². The van der Waals surface area contributed by atoms with Crippen LogP contribution in [0.25, 0.3) is 0 Å². The second-order valence-corrected chi connectivity index (χ2v) is 4.72. The molecular weight excluding hydrogens is 248 g/mol. The van der Waals surface area contributed by atoms with Crippen molar-refractivity contribution in [1.82, 2.24) is 0 Å². The number of amides is 1. The summed E-state index contributed by atoms with van der Waals surface area (Å²) < 4.78 is 0. The molecule has 3 nitrogen and oxygen atoms in total. The molecule has 4 heteroatoms. The summed E-state index contributed by atoms with van der Waals surface area (Å²) >= 11 is 0. The number of benzene rings is 1. The number of rotatable bonds is 4. The molecule has 0 aliphatic rings. The molecule has 0 aromatic heterocycles. The first-order valence-corrected chi connectivity index (χ1v) is 6.09. The van der Waals surface area contributed by atoms with Gasteiger partial charge in [0.15, 0.2) is 0 Å². The van der Waals surface area contributed by atoms with Crippen molar-refractivity contribution in [2.45, 2.75) is 40.2 Å². The fraction of sp³-hybridized carbons (Fsp3) is 0.500. The number of carbonyl (C=O) groups excluding carboxylic acids is 1. The van der Waals surface area contributed by atoms with Gasteiger partial charge in [-0.15, -0.1) is 12.4 Å². The molecule has 1 aromatic rings. The Morgan fingerprint density at radius 2 is 2.00 bits per heavy atom. The van der Waals surface area contributed by atoms with Gasteiger partial charge in [0.05, 0.1) is 6.04 Å². The highest BCUT2D eigenvalue weighted by Gasteiger charge is 2.19. The predicted octanol–water partition coefficient (Wildman–Crippen LogP) is 3.04. The number of anilines is 1. The predicted molar refractivity (Wildman–Crippen MR) is 79.2 cm³/mol. The molecule has 2 unspecified atom stereocenters. The van der Waals surface area contributed by atoms with Crippen LogP contribution < -0.4 is 11.1 Å². The topological polar surface area (TPSA) is 55.1 Å². The average molecular weight is 271 g/mol. The summed E-state index contributed by atoms with van der Waals surface area (Å²) in [5.74, 6) is 0.0909. The number of halogens is 1. The second-order valence-electron chi connectivity index (χ2n) is 4.72. The third kappa shape index (κ3) is 4.31. The molecule has 0 saturated heterocycles. The van der Waals surface area contributed by atoms with Crippen LogP contribution in [0.2, 0.25) is 0 Å². The Labute approximate surface area is 116 Å². The van der Waals surface area contributed by atoms with Crippen LogP contribution in [-0.2, 0) is 4.79 Å². The van der Waals surface area contributed by atoms with Gasteiger partial charge in [0.25, 0.3) is 0 Å². The highest BCUT2D eigenvalue weighted by molar-refractivity contribution is 5.95. The Morgan fingerprint density at radius 3 is 2.56 bits per heavy atom. The van der Waals surface area contributed by atoms with Gasteiger partial charge in [-0.3, -0.25) is 4.79 Å². The van der Waals surface area contributed by atoms with Gasteiger partial charge in [-0.25, -0.2) is 0 Å². The lowest BCUT2D eigenvalue weighted by atomic mass is 9.99. The molecule has 1 amide bonds. The van der Waals surface area contributed by atoms with E-state index in [1.807, 2.05) is 45.9 Å². The van der Waals surface area contributed by atoms with E-state index in [2.05, 4.69) is 5.32 Å². The van der Waals surface area contributed by atoms with Gasteiger partial charge < -0.3 is 11.1 Å². The molecule has 0 spiro atoms. The Kier molecular flexibility index (Phi) is 6.96. The van der Waals surface area contributed by atoms with Crippen molar-refractivity contribution in [2.75, 3.05) is 5.32 Å². The van der Waals surface area contributed by atoms with Gasteiger partial charge in [-0.1, -0.05) is 32.4 Å². The summed E-state index contributed by atoms with van der Waals surface area (Å²) in [5.41, 5.74) is 8.93. The smallest absolute Gasteiger partial charge is 0.241 e. The van der Waals surface area contributed by atoms with Crippen LogP contribution in [0.4, 0.5) is 5.69 Å². The standard InChI is InChI=1S/C14H22N2O.ClH/c1-5-10(3)13(15)14(17)16-12-8-9(2)6-7-11(12)4;/h6-8,10,13H,5,15H2,1-4H3,(H,16,17);1H. The monoisotopic (exact) mass is 270 g/mol. The third-order valence-corrected chi connectivity index (χ3v) is 3.21. The molecule has 18 heavy (non-hydrogen) atoms. The van der Waals surface area contributed by atoms with Crippen molar-refractivity contribution in [3.05, 3.63) is 29.3 Å². The first-order valence-electron chi connectivity index (χ1n) is 6.09. The van der Waals surface area contributed by atoms with Crippen molar-refractivity contribution in [2.24, 2.45) is 11.7 Å². The van der Waals surface area contributed by atoms with Crippen LogP contribution in [0.3, 0.4) is 0 Å². The maximum Gasteiger partial charge on any atom is 0.241 e. The van der Waals surface area contributed by atoms with Gasteiger partial charge >= 0.3 is 0 Å². The molecule has 102 valence electrons. The SMILES string of the molecule is CCC(C)C(N)C(=O)Nc1cc(C)ccc1C.Cl. The zero-order valence-electron chi connectivity index (χ0n) is 11.5. The highest BCUT2D eigenvalue weighted by Crippen LogP contribution is 2.17. The summed E-state index contributed by atoms with van der Waals surface area (Å²) in [7, 11) is 0. The lowest BCUT2D eigenvalue weighted by Gasteiger charge is -2.18. The van der Waals surface area contributed by atoms with E-state index in [1.165, 1.54) is 0 Å². The quantitative estimate of drug-likeness (QED) is 0.884. The minimum Gasteiger partial charge on any atom is -0.324 e. The van der Waals surface area contributed by atoms with Gasteiger partial charge in [0.2, 0.25) is 5.91 Å². The van der Waals surface area contributed by atoms with Crippen LogP contribution >= 0.6 is 12.4 Å². The van der Waals surface area contributed by atoms with E-state index in [9.17, 15) is 4.79 Å². The fourth-order valence-corrected chi connectivity index (χ4v) is 1.60. The first-order chi connectivity index (χ1) is 7.95. The molecule has 3 N–H and O–H groups in total. The lowest BCUT2D eigenvalue weighted by Crippen LogP contribution is -2.40. The summed E-state index contributed by atoms with van der Waals surface area (Å²) in [6.45, 7) is 8.01. The van der Waals surface area contributed by atoms with Crippen molar-refractivity contribution in [3.8, 4) is 0 Å². The molecule has 0 aliphatic heterocycles. The molecule has 0 bridgehead atoms. The van der Waals surface area contributed by atoms with Crippen molar-refractivity contribution < 1.29 is 4.79 Å². The number of hydrogen-bond donors (Lipinski definition) is 2. The van der Waals surface area contributed by atoms with Gasteiger partial charge in [0, 0.05) is 5.69 Å². The minimum atomic E-state index is -0.445. The zero-order chi connectivity index (χ0) is 13.0. The van der Waals surface area contributed by atoms with Crippen LogP contribution in [0.1, 0.15) is 31.4 Å². The van der Waals surface area contributed by atoms with Crippen molar-refractivity contribution >= 4 is 24.0 Å². The molecule has 0 heterocycles. The Hall–Kier alpha value is -1.06. The molecule has 2 atom stereocenters. The minimum absolute atomic E-state index is 0. The lowest BCUT2D eigenvalue weighted by molar-refractivity contribution is -0.118. The van der Waals surface area contributed by atoms with Crippen LogP contribution in [-0.4, -0.2) is 11.9 Å². The summed E-state index contributed by atoms with van der Waals surface area (Å²) in [4.78, 5) is 11.9. The van der Waals surface area contributed by atoms with Crippen molar-refractivity contribution in [3.63, 3.8) is 0 Å². The van der Waals surface area contributed by atoms with Crippen LogP contribution in [0, 0.1) is 19.8 Å². The molecule has 1 aromatic carbocycles. The van der Waals surface area contributed by atoms with Crippen molar-refractivity contribution in [1.29, 1.82) is 0 Å². The van der Waals surface area contributed by atoms with Gasteiger partial charge in [-0.2, -0.15) is 0 Å². The van der Waals surface area contributed by atoms with E-state index >= 15 is 0 Å². The summed E-state index contributed by atoms with van der Waals surface area (Å²) in [5, 5.41) is 2.90. The molecule has 0 aliphatic carbocycles. The van der Waals surface area contributed by atoms with E-state index in [0.29, 0.717) is 0 Å². The number of aryl methyl sites for hydroxylation is 2. The van der Waals surface area contributed by atoms with E-state index in [4.69, 9.17) is 5.73 Å². The molecule has 0 radical (unpaired) electrons. The number of nitrogens with two attached hydrogens (primary N) is 1. The molecular formula is C14H23ClN2O. The third-order valence-electron chi connectivity index (χ3n) is 3.21. The maximum absolute atomic E-state index is 11.9. The molecule has 0 saturated carbocycles. The largest absolute Gasteiger partial charge is 0.324 e. The summed E-state index contributed by atoms with van der Waals surface area (Å²) in [6.07, 6.45) is 0.904. The average Bonchev–Trinajstić information content (AvgIpc) is 2.31. The second kappa shape index (κ2) is 7.39. The van der Waals surface area contributed by atoms with Gasteiger partial charge in [0.1, 0.15) is 0 Å². The van der Waals surface area contributed by atoms with E-state index < -0.39 is 6.04 Å². The molecule has 1 rings (SSSR count). The Bertz CT molecular complexity index is 407. The van der Waals surface area contributed by atoms with Crippen LogP contribution in [0.15, 0.2) is 18.2 Å². The van der Waals surface area contributed by atoms with Crippen LogP contribution in [0.5, 0.6) is 0 Å². The number of hydrogen-bond acceptors (Lipinski definition) is 2. The Balaban J connectivity index is 0.00000289. The van der Waals surface area contributed by atoms with Gasteiger partial charge in [-0.05, 0) is 37.0 Å².